The Kier molecular flexibility index (Phi) is 4.68. The van der Waals surface area contributed by atoms with Crippen LogP contribution in [0.3, 0.4) is 0 Å². The van der Waals surface area contributed by atoms with E-state index in [1.54, 1.807) is 30.3 Å². The van der Waals surface area contributed by atoms with Crippen molar-refractivity contribution in [3.63, 3.8) is 0 Å². The molecular weight excluding hydrogens is 332 g/mol. The molecule has 1 aliphatic heterocycles. The van der Waals surface area contributed by atoms with Gasteiger partial charge in [-0.05, 0) is 29.8 Å². The molecule has 0 atom stereocenters. The smallest absolute Gasteiger partial charge is 0.241 e. The van der Waals surface area contributed by atoms with E-state index in [0.29, 0.717) is 11.5 Å². The summed E-state index contributed by atoms with van der Waals surface area (Å²) >= 11 is 0. The van der Waals surface area contributed by atoms with E-state index >= 15 is 0 Å². The molecule has 24 heavy (non-hydrogen) atoms. The molecule has 0 bridgehead atoms. The van der Waals surface area contributed by atoms with Crippen LogP contribution in [0, 0.1) is 0 Å². The SMILES string of the molecule is O=C(CNS(=O)(=O)c1ccccc1)NCc1ccc2c(c1)OCO2. The summed E-state index contributed by atoms with van der Waals surface area (Å²) in [6, 6.07) is 13.2. The topological polar surface area (TPSA) is 93.7 Å². The van der Waals surface area contributed by atoms with Gasteiger partial charge in [-0.2, -0.15) is 0 Å². The molecule has 2 N–H and O–H groups in total. The van der Waals surface area contributed by atoms with Crippen molar-refractivity contribution in [1.29, 1.82) is 0 Å². The van der Waals surface area contributed by atoms with Gasteiger partial charge < -0.3 is 14.8 Å². The fourth-order valence-electron chi connectivity index (χ4n) is 2.16. The molecule has 0 aromatic heterocycles. The van der Waals surface area contributed by atoms with Crippen LogP contribution in [-0.2, 0) is 21.4 Å². The summed E-state index contributed by atoms with van der Waals surface area (Å²) in [5.74, 6) is 0.874. The van der Waals surface area contributed by atoms with Gasteiger partial charge in [-0.25, -0.2) is 13.1 Å². The third-order valence-corrected chi connectivity index (χ3v) is 4.82. The van der Waals surface area contributed by atoms with E-state index in [4.69, 9.17) is 9.47 Å². The number of benzene rings is 2. The summed E-state index contributed by atoms with van der Waals surface area (Å²) in [5, 5.41) is 2.65. The first-order valence-electron chi connectivity index (χ1n) is 7.24. The lowest BCUT2D eigenvalue weighted by molar-refractivity contribution is -0.120. The minimum absolute atomic E-state index is 0.119. The molecule has 0 saturated carbocycles. The lowest BCUT2D eigenvalue weighted by Gasteiger charge is -2.08. The van der Waals surface area contributed by atoms with Crippen LogP contribution >= 0.6 is 0 Å². The second-order valence-corrected chi connectivity index (χ2v) is 6.87. The molecule has 2 aromatic carbocycles. The molecule has 0 spiro atoms. The Bertz CT molecular complexity index is 837. The van der Waals surface area contributed by atoms with Crippen molar-refractivity contribution in [2.75, 3.05) is 13.3 Å². The van der Waals surface area contributed by atoms with Gasteiger partial charge >= 0.3 is 0 Å². The monoisotopic (exact) mass is 348 g/mol. The molecule has 1 aliphatic rings. The number of carbonyl (C=O) groups excluding carboxylic acids is 1. The molecule has 3 rings (SSSR count). The van der Waals surface area contributed by atoms with Crippen molar-refractivity contribution in [3.05, 3.63) is 54.1 Å². The molecule has 0 radical (unpaired) electrons. The lowest BCUT2D eigenvalue weighted by atomic mass is 10.2. The highest BCUT2D eigenvalue weighted by molar-refractivity contribution is 7.89. The van der Waals surface area contributed by atoms with Crippen LogP contribution in [0.5, 0.6) is 11.5 Å². The molecule has 8 heteroatoms. The molecular formula is C16H16N2O5S. The largest absolute Gasteiger partial charge is 0.454 e. The van der Waals surface area contributed by atoms with Gasteiger partial charge in [0.1, 0.15) is 0 Å². The van der Waals surface area contributed by atoms with E-state index < -0.39 is 15.9 Å². The zero-order chi connectivity index (χ0) is 17.0. The van der Waals surface area contributed by atoms with Gasteiger partial charge in [0, 0.05) is 6.54 Å². The van der Waals surface area contributed by atoms with Crippen LogP contribution in [0.25, 0.3) is 0 Å². The number of amides is 1. The summed E-state index contributed by atoms with van der Waals surface area (Å²) in [7, 11) is -3.69. The van der Waals surface area contributed by atoms with E-state index in [-0.39, 0.29) is 24.8 Å². The van der Waals surface area contributed by atoms with Gasteiger partial charge in [0.25, 0.3) is 0 Å². The first-order chi connectivity index (χ1) is 11.5. The van der Waals surface area contributed by atoms with Crippen LogP contribution in [0.1, 0.15) is 5.56 Å². The van der Waals surface area contributed by atoms with Crippen LogP contribution in [-0.4, -0.2) is 27.7 Å². The van der Waals surface area contributed by atoms with Gasteiger partial charge in [0.05, 0.1) is 11.4 Å². The summed E-state index contributed by atoms with van der Waals surface area (Å²) in [6.07, 6.45) is 0. The molecule has 2 aromatic rings. The van der Waals surface area contributed by atoms with Gasteiger partial charge in [0.2, 0.25) is 22.7 Å². The lowest BCUT2D eigenvalue weighted by Crippen LogP contribution is -2.36. The van der Waals surface area contributed by atoms with E-state index in [0.717, 1.165) is 5.56 Å². The first kappa shape index (κ1) is 16.3. The van der Waals surface area contributed by atoms with E-state index in [1.807, 2.05) is 6.07 Å². The maximum Gasteiger partial charge on any atom is 0.241 e. The summed E-state index contributed by atoms with van der Waals surface area (Å²) < 4.78 is 36.8. The summed E-state index contributed by atoms with van der Waals surface area (Å²) in [5.41, 5.74) is 0.832. The van der Waals surface area contributed by atoms with Crippen molar-refractivity contribution in [1.82, 2.24) is 10.0 Å². The predicted octanol–water partition coefficient (Wildman–Crippen LogP) is 1.01. The van der Waals surface area contributed by atoms with Crippen molar-refractivity contribution in [3.8, 4) is 11.5 Å². The molecule has 0 saturated heterocycles. The molecule has 0 fully saturated rings. The molecule has 126 valence electrons. The number of rotatable bonds is 6. The highest BCUT2D eigenvalue weighted by atomic mass is 32.2. The Morgan fingerprint density at radius 3 is 2.58 bits per heavy atom. The third kappa shape index (κ3) is 3.84. The fourth-order valence-corrected chi connectivity index (χ4v) is 3.16. The standard InChI is InChI=1S/C16H16N2O5S/c19-16(10-18-24(20,21)13-4-2-1-3-5-13)17-9-12-6-7-14-15(8-12)23-11-22-14/h1-8,18H,9-11H2,(H,17,19). The van der Waals surface area contributed by atoms with Crippen LogP contribution in [0.15, 0.2) is 53.4 Å². The van der Waals surface area contributed by atoms with Crippen molar-refractivity contribution >= 4 is 15.9 Å². The van der Waals surface area contributed by atoms with Crippen molar-refractivity contribution in [2.24, 2.45) is 0 Å². The van der Waals surface area contributed by atoms with Gasteiger partial charge in [-0.3, -0.25) is 4.79 Å². The van der Waals surface area contributed by atoms with E-state index in [2.05, 4.69) is 10.0 Å². The second-order valence-electron chi connectivity index (χ2n) is 5.10. The molecule has 0 aliphatic carbocycles. The van der Waals surface area contributed by atoms with Crippen molar-refractivity contribution < 1.29 is 22.7 Å². The Morgan fingerprint density at radius 1 is 1.04 bits per heavy atom. The fraction of sp³-hybridized carbons (Fsp3) is 0.188. The first-order valence-corrected chi connectivity index (χ1v) is 8.73. The molecule has 7 nitrogen and oxygen atoms in total. The number of carbonyl (C=O) groups is 1. The minimum atomic E-state index is -3.69. The zero-order valence-electron chi connectivity index (χ0n) is 12.7. The predicted molar refractivity (Wildman–Crippen MR) is 86.0 cm³/mol. The van der Waals surface area contributed by atoms with E-state index in [9.17, 15) is 13.2 Å². The Balaban J connectivity index is 1.51. The minimum Gasteiger partial charge on any atom is -0.454 e. The Morgan fingerprint density at radius 2 is 1.79 bits per heavy atom. The number of hydrogen-bond donors (Lipinski definition) is 2. The Hall–Kier alpha value is -2.58. The van der Waals surface area contributed by atoms with Crippen LogP contribution in [0.4, 0.5) is 0 Å². The number of ether oxygens (including phenoxy) is 2. The number of sulfonamides is 1. The van der Waals surface area contributed by atoms with E-state index in [1.165, 1.54) is 12.1 Å². The normalized spacial score (nSPS) is 12.8. The van der Waals surface area contributed by atoms with Crippen LogP contribution < -0.4 is 19.5 Å². The number of nitrogens with one attached hydrogen (secondary N) is 2. The highest BCUT2D eigenvalue weighted by Gasteiger charge is 2.16. The zero-order valence-corrected chi connectivity index (χ0v) is 13.5. The van der Waals surface area contributed by atoms with Crippen molar-refractivity contribution in [2.45, 2.75) is 11.4 Å². The van der Waals surface area contributed by atoms with Gasteiger partial charge in [-0.1, -0.05) is 24.3 Å². The maximum absolute atomic E-state index is 12.0. The highest BCUT2D eigenvalue weighted by Crippen LogP contribution is 2.32. The average Bonchev–Trinajstić information content (AvgIpc) is 3.07. The maximum atomic E-state index is 12.0. The summed E-state index contributed by atoms with van der Waals surface area (Å²) in [6.45, 7) is 0.122. The van der Waals surface area contributed by atoms with Crippen LogP contribution in [0.2, 0.25) is 0 Å². The average molecular weight is 348 g/mol. The molecule has 1 amide bonds. The number of hydrogen-bond acceptors (Lipinski definition) is 5. The second kappa shape index (κ2) is 6.90. The quantitative estimate of drug-likeness (QED) is 0.813. The van der Waals surface area contributed by atoms with Gasteiger partial charge in [-0.15, -0.1) is 0 Å². The third-order valence-electron chi connectivity index (χ3n) is 3.40. The summed E-state index contributed by atoms with van der Waals surface area (Å²) in [4.78, 5) is 12.0. The molecule has 0 unspecified atom stereocenters. The Labute approximate surface area is 139 Å². The molecule has 1 heterocycles. The van der Waals surface area contributed by atoms with Gasteiger partial charge in [0.15, 0.2) is 11.5 Å². The number of fused-ring (bicyclic) bond motifs is 1.